The zero-order valence-electron chi connectivity index (χ0n) is 10.0. The van der Waals surface area contributed by atoms with Crippen LogP contribution in [0.1, 0.15) is 47.5 Å². The van der Waals surface area contributed by atoms with Gasteiger partial charge in [0.05, 0.1) is 6.73 Å². The number of hydrogen-bond donors (Lipinski definition) is 1. The van der Waals surface area contributed by atoms with E-state index < -0.39 is 0 Å². The summed E-state index contributed by atoms with van der Waals surface area (Å²) < 4.78 is 0. The summed E-state index contributed by atoms with van der Waals surface area (Å²) in [4.78, 5) is 1.99. The molecule has 0 saturated heterocycles. The second kappa shape index (κ2) is 4.43. The van der Waals surface area contributed by atoms with Gasteiger partial charge in [-0.25, -0.2) is 0 Å². The van der Waals surface area contributed by atoms with Crippen molar-refractivity contribution in [3.8, 4) is 0 Å². The van der Waals surface area contributed by atoms with E-state index in [2.05, 4.69) is 34.6 Å². The lowest BCUT2D eigenvalue weighted by Crippen LogP contribution is -2.44. The third-order valence-electron chi connectivity index (χ3n) is 3.11. The van der Waals surface area contributed by atoms with Crippen molar-refractivity contribution in [2.45, 2.75) is 53.0 Å². The Hall–Kier alpha value is -0.0800. The van der Waals surface area contributed by atoms with E-state index in [-0.39, 0.29) is 12.3 Å². The van der Waals surface area contributed by atoms with Crippen molar-refractivity contribution >= 4 is 0 Å². The second-order valence-electron chi connectivity index (χ2n) is 5.35. The molecule has 2 nitrogen and oxygen atoms in total. The van der Waals surface area contributed by atoms with Crippen LogP contribution in [-0.2, 0) is 0 Å². The number of aliphatic hydroxyl groups excluding tert-OH is 1. The lowest BCUT2D eigenvalue weighted by molar-refractivity contribution is 0.0213. The zero-order chi connectivity index (χ0) is 10.7. The minimum Gasteiger partial charge on any atom is -0.381 e. The van der Waals surface area contributed by atoms with Crippen LogP contribution in [-0.4, -0.2) is 29.3 Å². The SMILES string of the molecule is CCC(C)(C)CC(C)(C)N(C)CO. The van der Waals surface area contributed by atoms with Gasteiger partial charge in [0.1, 0.15) is 0 Å². The molecule has 0 aliphatic carbocycles. The first-order valence-corrected chi connectivity index (χ1v) is 5.07. The molecule has 0 fully saturated rings. The normalized spacial score (nSPS) is 13.8. The molecule has 0 aliphatic rings. The van der Waals surface area contributed by atoms with Crippen LogP contribution in [0.3, 0.4) is 0 Å². The highest BCUT2D eigenvalue weighted by molar-refractivity contribution is 4.84. The van der Waals surface area contributed by atoms with Crippen LogP contribution in [0.2, 0.25) is 0 Å². The molecule has 0 aliphatic heterocycles. The Bertz CT molecular complexity index is 152. The average molecular weight is 187 g/mol. The maximum Gasteiger partial charge on any atom is 0.0958 e. The molecule has 0 radical (unpaired) electrons. The maximum absolute atomic E-state index is 9.07. The minimum atomic E-state index is 0.0776. The summed E-state index contributed by atoms with van der Waals surface area (Å²) in [6.07, 6.45) is 2.28. The molecule has 13 heavy (non-hydrogen) atoms. The van der Waals surface area contributed by atoms with Gasteiger partial charge in [0.2, 0.25) is 0 Å². The Balaban J connectivity index is 4.32. The summed E-state index contributed by atoms with van der Waals surface area (Å²) in [5.41, 5.74) is 0.432. The third-order valence-corrected chi connectivity index (χ3v) is 3.11. The molecule has 1 N–H and O–H groups in total. The average Bonchev–Trinajstić information content (AvgIpc) is 2.01. The first kappa shape index (κ1) is 12.9. The predicted octanol–water partition coefficient (Wildman–Crippen LogP) is 2.47. The van der Waals surface area contributed by atoms with Crippen molar-refractivity contribution in [1.82, 2.24) is 4.90 Å². The largest absolute Gasteiger partial charge is 0.381 e. The van der Waals surface area contributed by atoms with Gasteiger partial charge >= 0.3 is 0 Å². The molecule has 0 bridgehead atoms. The standard InChI is InChI=1S/C11H25NO/c1-7-10(2,3)8-11(4,5)12(6)9-13/h13H,7-9H2,1-6H3. The van der Waals surface area contributed by atoms with E-state index >= 15 is 0 Å². The molecule has 0 heterocycles. The number of hydrogen-bond acceptors (Lipinski definition) is 2. The highest BCUT2D eigenvalue weighted by Gasteiger charge is 2.30. The summed E-state index contributed by atoms with van der Waals surface area (Å²) in [5.74, 6) is 0. The van der Waals surface area contributed by atoms with E-state index in [1.54, 1.807) is 0 Å². The summed E-state index contributed by atoms with van der Waals surface area (Å²) in [7, 11) is 1.96. The summed E-state index contributed by atoms with van der Waals surface area (Å²) >= 11 is 0. The van der Waals surface area contributed by atoms with Crippen molar-refractivity contribution in [3.05, 3.63) is 0 Å². The summed E-state index contributed by atoms with van der Waals surface area (Å²) in [6.45, 7) is 11.3. The molecule has 0 aromatic rings. The lowest BCUT2D eigenvalue weighted by atomic mass is 9.78. The van der Waals surface area contributed by atoms with Crippen molar-refractivity contribution in [2.24, 2.45) is 5.41 Å². The van der Waals surface area contributed by atoms with Crippen molar-refractivity contribution in [2.75, 3.05) is 13.8 Å². The fraction of sp³-hybridized carbons (Fsp3) is 1.00. The minimum absolute atomic E-state index is 0.0776. The number of nitrogens with zero attached hydrogens (tertiary/aromatic N) is 1. The fourth-order valence-electron chi connectivity index (χ4n) is 1.62. The van der Waals surface area contributed by atoms with Crippen LogP contribution >= 0.6 is 0 Å². The van der Waals surface area contributed by atoms with Gasteiger partial charge in [0, 0.05) is 5.54 Å². The molecular weight excluding hydrogens is 162 g/mol. The van der Waals surface area contributed by atoms with E-state index in [0.29, 0.717) is 5.41 Å². The van der Waals surface area contributed by atoms with E-state index in [4.69, 9.17) is 5.11 Å². The highest BCUT2D eigenvalue weighted by Crippen LogP contribution is 2.33. The van der Waals surface area contributed by atoms with E-state index in [1.165, 1.54) is 6.42 Å². The van der Waals surface area contributed by atoms with Gasteiger partial charge in [-0.15, -0.1) is 0 Å². The van der Waals surface area contributed by atoms with Gasteiger partial charge < -0.3 is 5.11 Å². The summed E-state index contributed by atoms with van der Waals surface area (Å²) in [6, 6.07) is 0. The monoisotopic (exact) mass is 187 g/mol. The first-order chi connectivity index (χ1) is 5.75. The molecule has 0 rings (SSSR count). The van der Waals surface area contributed by atoms with E-state index in [1.807, 2.05) is 11.9 Å². The van der Waals surface area contributed by atoms with Gasteiger partial charge in [0.25, 0.3) is 0 Å². The van der Waals surface area contributed by atoms with Crippen molar-refractivity contribution in [3.63, 3.8) is 0 Å². The van der Waals surface area contributed by atoms with Gasteiger partial charge in [0.15, 0.2) is 0 Å². The smallest absolute Gasteiger partial charge is 0.0958 e. The number of rotatable bonds is 5. The fourth-order valence-corrected chi connectivity index (χ4v) is 1.62. The topological polar surface area (TPSA) is 23.5 Å². The lowest BCUT2D eigenvalue weighted by Gasteiger charge is -2.40. The van der Waals surface area contributed by atoms with Gasteiger partial charge in [-0.3, -0.25) is 4.90 Å². The van der Waals surface area contributed by atoms with Crippen LogP contribution in [0.15, 0.2) is 0 Å². The van der Waals surface area contributed by atoms with E-state index in [0.717, 1.165) is 6.42 Å². The first-order valence-electron chi connectivity index (χ1n) is 5.07. The van der Waals surface area contributed by atoms with Crippen LogP contribution in [0.25, 0.3) is 0 Å². The zero-order valence-corrected chi connectivity index (χ0v) is 10.0. The Morgan fingerprint density at radius 3 is 1.92 bits per heavy atom. The quantitative estimate of drug-likeness (QED) is 0.668. The van der Waals surface area contributed by atoms with Crippen LogP contribution in [0, 0.1) is 5.41 Å². The van der Waals surface area contributed by atoms with Gasteiger partial charge in [-0.05, 0) is 32.7 Å². The Morgan fingerprint density at radius 1 is 1.15 bits per heavy atom. The Kier molecular flexibility index (Phi) is 4.40. The Morgan fingerprint density at radius 2 is 1.62 bits per heavy atom. The number of aliphatic hydroxyl groups is 1. The Labute approximate surface area is 82.9 Å². The van der Waals surface area contributed by atoms with E-state index in [9.17, 15) is 0 Å². The van der Waals surface area contributed by atoms with Crippen LogP contribution < -0.4 is 0 Å². The third kappa shape index (κ3) is 4.10. The molecule has 0 aromatic heterocycles. The highest BCUT2D eigenvalue weighted by atomic mass is 16.3. The molecule has 0 spiro atoms. The van der Waals surface area contributed by atoms with Crippen LogP contribution in [0.4, 0.5) is 0 Å². The summed E-state index contributed by atoms with van der Waals surface area (Å²) in [5, 5.41) is 9.07. The molecule has 0 atom stereocenters. The molecule has 0 amide bonds. The predicted molar refractivity (Wildman–Crippen MR) is 57.6 cm³/mol. The molecular formula is C11H25NO. The molecule has 0 unspecified atom stereocenters. The molecule has 0 aromatic carbocycles. The van der Waals surface area contributed by atoms with Crippen molar-refractivity contribution in [1.29, 1.82) is 0 Å². The van der Waals surface area contributed by atoms with Gasteiger partial charge in [-0.2, -0.15) is 0 Å². The molecule has 80 valence electrons. The van der Waals surface area contributed by atoms with Crippen LogP contribution in [0.5, 0.6) is 0 Å². The van der Waals surface area contributed by atoms with Crippen molar-refractivity contribution < 1.29 is 5.11 Å². The molecule has 0 saturated carbocycles. The second-order valence-corrected chi connectivity index (χ2v) is 5.35. The maximum atomic E-state index is 9.07. The molecule has 2 heteroatoms. The van der Waals surface area contributed by atoms with Gasteiger partial charge in [-0.1, -0.05) is 27.2 Å².